The fraction of sp³-hybridized carbons (Fsp3) is 0.933. The van der Waals surface area contributed by atoms with Gasteiger partial charge in [-0.1, -0.05) is 6.42 Å². The summed E-state index contributed by atoms with van der Waals surface area (Å²) in [6.45, 7) is 6.75. The summed E-state index contributed by atoms with van der Waals surface area (Å²) in [6, 6.07) is -0.515. The first-order valence-electron chi connectivity index (χ1n) is 8.45. The second-order valence-corrected chi connectivity index (χ2v) is 8.47. The van der Waals surface area contributed by atoms with Gasteiger partial charge in [-0.2, -0.15) is 4.31 Å². The molecular weight excluding hydrogens is 318 g/mol. The topological polar surface area (TPSA) is 79.0 Å². The summed E-state index contributed by atoms with van der Waals surface area (Å²) in [6.07, 6.45) is 4.36. The highest BCUT2D eigenvalue weighted by Crippen LogP contribution is 2.20. The summed E-state index contributed by atoms with van der Waals surface area (Å²) in [5, 5.41) is 2.99. The van der Waals surface area contributed by atoms with Gasteiger partial charge in [-0.3, -0.25) is 9.69 Å². The maximum absolute atomic E-state index is 12.5. The lowest BCUT2D eigenvalue weighted by molar-refractivity contribution is -0.126. The van der Waals surface area contributed by atoms with Crippen molar-refractivity contribution in [3.8, 4) is 0 Å². The van der Waals surface area contributed by atoms with E-state index in [9.17, 15) is 13.2 Å². The minimum absolute atomic E-state index is 0.0358. The Morgan fingerprint density at radius 1 is 1.26 bits per heavy atom. The summed E-state index contributed by atoms with van der Waals surface area (Å²) < 4.78 is 30.4. The van der Waals surface area contributed by atoms with E-state index in [1.54, 1.807) is 0 Å². The molecule has 2 saturated heterocycles. The minimum atomic E-state index is -3.33. The van der Waals surface area contributed by atoms with Crippen molar-refractivity contribution in [1.82, 2.24) is 14.5 Å². The normalized spacial score (nSPS) is 25.9. The fourth-order valence-corrected chi connectivity index (χ4v) is 4.30. The summed E-state index contributed by atoms with van der Waals surface area (Å²) in [5.74, 6) is -0.162. The quantitative estimate of drug-likeness (QED) is 0.733. The molecular formula is C15H29N3O4S. The Morgan fingerprint density at radius 3 is 2.61 bits per heavy atom. The molecule has 0 saturated carbocycles. The Labute approximate surface area is 139 Å². The predicted octanol–water partition coefficient (Wildman–Crippen LogP) is 0.0275. The van der Waals surface area contributed by atoms with E-state index in [2.05, 4.69) is 10.2 Å². The molecule has 7 nitrogen and oxygen atoms in total. The molecule has 1 N–H and O–H groups in total. The summed E-state index contributed by atoms with van der Waals surface area (Å²) in [7, 11) is -3.33. The van der Waals surface area contributed by atoms with Crippen LogP contribution in [0.25, 0.3) is 0 Å². The zero-order valence-electron chi connectivity index (χ0n) is 14.2. The van der Waals surface area contributed by atoms with Gasteiger partial charge in [0.1, 0.15) is 6.04 Å². The standard InChI is InChI=1S/C15H29N3O4S/c1-13(6-8-17-9-11-22-12-10-17)16-15(19)14-5-3-4-7-18(14)23(2,20)21/h13-14H,3-12H2,1-2H3,(H,16,19)/t13-,14-/m1/s1. The highest BCUT2D eigenvalue weighted by Gasteiger charge is 2.34. The van der Waals surface area contributed by atoms with Crippen molar-refractivity contribution < 1.29 is 17.9 Å². The lowest BCUT2D eigenvalue weighted by atomic mass is 10.0. The van der Waals surface area contributed by atoms with E-state index in [4.69, 9.17) is 4.74 Å². The number of sulfonamides is 1. The second kappa shape index (κ2) is 8.41. The van der Waals surface area contributed by atoms with Crippen LogP contribution in [0.3, 0.4) is 0 Å². The van der Waals surface area contributed by atoms with Gasteiger partial charge in [-0.25, -0.2) is 8.42 Å². The number of piperidine rings is 1. The van der Waals surface area contributed by atoms with Crippen molar-refractivity contribution >= 4 is 15.9 Å². The van der Waals surface area contributed by atoms with Gasteiger partial charge >= 0.3 is 0 Å². The Morgan fingerprint density at radius 2 is 1.96 bits per heavy atom. The number of carbonyl (C=O) groups is 1. The van der Waals surface area contributed by atoms with E-state index >= 15 is 0 Å². The molecule has 0 bridgehead atoms. The summed E-state index contributed by atoms with van der Waals surface area (Å²) >= 11 is 0. The van der Waals surface area contributed by atoms with Crippen LogP contribution in [0.4, 0.5) is 0 Å². The van der Waals surface area contributed by atoms with Crippen molar-refractivity contribution in [3.05, 3.63) is 0 Å². The molecule has 2 atom stereocenters. The fourth-order valence-electron chi connectivity index (χ4n) is 3.18. The van der Waals surface area contributed by atoms with Crippen molar-refractivity contribution in [2.75, 3.05) is 45.6 Å². The number of hydrogen-bond acceptors (Lipinski definition) is 5. The maximum Gasteiger partial charge on any atom is 0.238 e. The van der Waals surface area contributed by atoms with Crippen molar-refractivity contribution in [3.63, 3.8) is 0 Å². The molecule has 0 aromatic rings. The smallest absolute Gasteiger partial charge is 0.238 e. The Kier molecular flexibility index (Phi) is 6.82. The SMILES string of the molecule is C[C@H](CCN1CCOCC1)NC(=O)[C@H]1CCCCN1S(C)(=O)=O. The third-order valence-corrected chi connectivity index (χ3v) is 5.84. The van der Waals surface area contributed by atoms with Crippen LogP contribution in [-0.2, 0) is 19.6 Å². The molecule has 0 aromatic heterocycles. The zero-order valence-corrected chi connectivity index (χ0v) is 15.0. The first-order chi connectivity index (χ1) is 10.9. The molecule has 2 heterocycles. The van der Waals surface area contributed by atoms with Gasteiger partial charge in [-0.05, 0) is 26.2 Å². The van der Waals surface area contributed by atoms with E-state index < -0.39 is 16.1 Å². The average molecular weight is 347 g/mol. The van der Waals surface area contributed by atoms with Crippen LogP contribution >= 0.6 is 0 Å². The molecule has 0 spiro atoms. The van der Waals surface area contributed by atoms with E-state index in [0.29, 0.717) is 13.0 Å². The van der Waals surface area contributed by atoms with Gasteiger partial charge in [0.05, 0.1) is 19.5 Å². The lowest BCUT2D eigenvalue weighted by Crippen LogP contribution is -2.53. The number of nitrogens with zero attached hydrogens (tertiary/aromatic N) is 2. The minimum Gasteiger partial charge on any atom is -0.379 e. The predicted molar refractivity (Wildman–Crippen MR) is 88.7 cm³/mol. The first kappa shape index (κ1) is 18.6. The molecule has 0 unspecified atom stereocenters. The summed E-state index contributed by atoms with van der Waals surface area (Å²) in [5.41, 5.74) is 0. The van der Waals surface area contributed by atoms with E-state index in [0.717, 1.165) is 52.1 Å². The molecule has 2 fully saturated rings. The molecule has 0 aliphatic carbocycles. The Hall–Kier alpha value is -0.700. The molecule has 2 rings (SSSR count). The molecule has 0 aromatic carbocycles. The van der Waals surface area contributed by atoms with Gasteiger partial charge < -0.3 is 10.1 Å². The monoisotopic (exact) mass is 347 g/mol. The number of morpholine rings is 1. The van der Waals surface area contributed by atoms with Crippen molar-refractivity contribution in [2.24, 2.45) is 0 Å². The highest BCUT2D eigenvalue weighted by atomic mass is 32.2. The molecule has 8 heteroatoms. The Bertz CT molecular complexity index is 491. The summed E-state index contributed by atoms with van der Waals surface area (Å²) in [4.78, 5) is 14.8. The third kappa shape index (κ3) is 5.70. The average Bonchev–Trinajstić information content (AvgIpc) is 2.53. The van der Waals surface area contributed by atoms with Gasteiger partial charge in [0, 0.05) is 32.2 Å². The van der Waals surface area contributed by atoms with Gasteiger partial charge in [-0.15, -0.1) is 0 Å². The first-order valence-corrected chi connectivity index (χ1v) is 10.3. The third-order valence-electron chi connectivity index (χ3n) is 4.55. The largest absolute Gasteiger partial charge is 0.379 e. The van der Waals surface area contributed by atoms with E-state index in [1.165, 1.54) is 10.6 Å². The number of rotatable bonds is 6. The maximum atomic E-state index is 12.5. The van der Waals surface area contributed by atoms with Crippen LogP contribution in [-0.4, -0.2) is 81.3 Å². The number of hydrogen-bond donors (Lipinski definition) is 1. The van der Waals surface area contributed by atoms with Gasteiger partial charge in [0.2, 0.25) is 15.9 Å². The number of ether oxygens (including phenoxy) is 1. The molecule has 2 aliphatic rings. The molecule has 0 radical (unpaired) electrons. The van der Waals surface area contributed by atoms with Gasteiger partial charge in [0.15, 0.2) is 0 Å². The van der Waals surface area contributed by atoms with E-state index in [1.807, 2.05) is 6.92 Å². The van der Waals surface area contributed by atoms with Crippen LogP contribution in [0.1, 0.15) is 32.6 Å². The van der Waals surface area contributed by atoms with Crippen LogP contribution in [0, 0.1) is 0 Å². The molecule has 23 heavy (non-hydrogen) atoms. The molecule has 2 aliphatic heterocycles. The van der Waals surface area contributed by atoms with E-state index in [-0.39, 0.29) is 11.9 Å². The van der Waals surface area contributed by atoms with Gasteiger partial charge in [0.25, 0.3) is 0 Å². The second-order valence-electron chi connectivity index (χ2n) is 6.54. The van der Waals surface area contributed by atoms with Crippen LogP contribution in [0.15, 0.2) is 0 Å². The Balaban J connectivity index is 1.81. The molecule has 1 amide bonds. The number of nitrogens with one attached hydrogen (secondary N) is 1. The lowest BCUT2D eigenvalue weighted by Gasteiger charge is -2.33. The van der Waals surface area contributed by atoms with Crippen LogP contribution in [0.2, 0.25) is 0 Å². The number of amides is 1. The van der Waals surface area contributed by atoms with Crippen LogP contribution in [0.5, 0.6) is 0 Å². The van der Waals surface area contributed by atoms with Crippen LogP contribution < -0.4 is 5.32 Å². The number of carbonyl (C=O) groups excluding carboxylic acids is 1. The van der Waals surface area contributed by atoms with Crippen molar-refractivity contribution in [2.45, 2.75) is 44.7 Å². The highest BCUT2D eigenvalue weighted by molar-refractivity contribution is 7.88. The van der Waals surface area contributed by atoms with Crippen molar-refractivity contribution in [1.29, 1.82) is 0 Å². The zero-order chi connectivity index (χ0) is 16.9. The molecule has 134 valence electrons.